The molecule has 1 saturated heterocycles. The van der Waals surface area contributed by atoms with Gasteiger partial charge in [0.25, 0.3) is 10.0 Å². The molecular formula is C20H26Cl2N4O3S. The van der Waals surface area contributed by atoms with Crippen LogP contribution in [0, 0.1) is 12.8 Å². The zero-order chi connectivity index (χ0) is 22.1. The van der Waals surface area contributed by atoms with E-state index in [2.05, 4.69) is 10.3 Å². The van der Waals surface area contributed by atoms with Crippen LogP contribution in [0.3, 0.4) is 0 Å². The van der Waals surface area contributed by atoms with Crippen molar-refractivity contribution in [3.8, 4) is 0 Å². The highest BCUT2D eigenvalue weighted by molar-refractivity contribution is 7.89. The number of amides is 1. The number of rotatable bonds is 6. The van der Waals surface area contributed by atoms with Crippen LogP contribution >= 0.6 is 23.2 Å². The largest absolute Gasteiger partial charge is 0.355 e. The summed E-state index contributed by atoms with van der Waals surface area (Å²) in [5.74, 6) is 0.296. The molecule has 1 atom stereocenters. The summed E-state index contributed by atoms with van der Waals surface area (Å²) in [7, 11) is -1.89. The van der Waals surface area contributed by atoms with Crippen molar-refractivity contribution < 1.29 is 13.2 Å². The van der Waals surface area contributed by atoms with E-state index in [9.17, 15) is 13.2 Å². The SMILES string of the molecule is Cc1nc(S(=O)(=O)N2CCC(C(=O)NCC(C)c3c(Cl)cccc3Cl)CC2)cn1C. The first-order chi connectivity index (χ1) is 14.1. The van der Waals surface area contributed by atoms with E-state index in [1.165, 1.54) is 10.5 Å². The first-order valence-corrected chi connectivity index (χ1v) is 12.0. The highest BCUT2D eigenvalue weighted by atomic mass is 35.5. The standard InChI is InChI=1S/C20H26Cl2N4O3S/c1-13(19-16(21)5-4-6-17(19)22)11-23-20(27)15-7-9-26(10-8-15)30(28,29)18-12-25(3)14(2)24-18/h4-6,12-13,15H,7-11H2,1-3H3,(H,23,27). The molecule has 1 N–H and O–H groups in total. The highest BCUT2D eigenvalue weighted by Gasteiger charge is 2.33. The van der Waals surface area contributed by atoms with Crippen LogP contribution in [0.1, 0.15) is 37.1 Å². The Morgan fingerprint density at radius 1 is 1.27 bits per heavy atom. The quantitative estimate of drug-likeness (QED) is 0.698. The molecule has 30 heavy (non-hydrogen) atoms. The molecule has 3 rings (SSSR count). The van der Waals surface area contributed by atoms with Crippen LogP contribution in [-0.2, 0) is 21.9 Å². The van der Waals surface area contributed by atoms with Crippen molar-refractivity contribution in [1.82, 2.24) is 19.2 Å². The monoisotopic (exact) mass is 472 g/mol. The van der Waals surface area contributed by atoms with Crippen molar-refractivity contribution in [2.45, 2.75) is 37.6 Å². The van der Waals surface area contributed by atoms with Gasteiger partial charge in [-0.25, -0.2) is 13.4 Å². The molecule has 1 aliphatic rings. The summed E-state index contributed by atoms with van der Waals surface area (Å²) in [6.45, 7) is 4.71. The smallest absolute Gasteiger partial charge is 0.262 e. The van der Waals surface area contributed by atoms with Gasteiger partial charge in [0.15, 0.2) is 5.03 Å². The zero-order valence-electron chi connectivity index (χ0n) is 17.2. The molecule has 1 amide bonds. The molecule has 2 heterocycles. The Balaban J connectivity index is 1.55. The second kappa shape index (κ2) is 9.26. The maximum Gasteiger partial charge on any atom is 0.262 e. The zero-order valence-corrected chi connectivity index (χ0v) is 19.6. The number of piperidine rings is 1. The highest BCUT2D eigenvalue weighted by Crippen LogP contribution is 2.31. The minimum absolute atomic E-state index is 0.0389. The van der Waals surface area contributed by atoms with Gasteiger partial charge in [0.2, 0.25) is 5.91 Å². The molecule has 2 aromatic rings. The summed E-state index contributed by atoms with van der Waals surface area (Å²) in [5.41, 5.74) is 0.813. The third kappa shape index (κ3) is 4.82. The number of aryl methyl sites for hydroxylation is 2. The number of hydrogen-bond donors (Lipinski definition) is 1. The lowest BCUT2D eigenvalue weighted by Crippen LogP contribution is -2.43. The van der Waals surface area contributed by atoms with E-state index in [-0.39, 0.29) is 22.8 Å². The maximum atomic E-state index is 12.8. The van der Waals surface area contributed by atoms with Crippen LogP contribution in [-0.4, -0.2) is 47.8 Å². The second-order valence-electron chi connectivity index (χ2n) is 7.70. The number of hydrogen-bond acceptors (Lipinski definition) is 4. The van der Waals surface area contributed by atoms with Gasteiger partial charge in [-0.3, -0.25) is 4.79 Å². The van der Waals surface area contributed by atoms with Crippen LogP contribution in [0.4, 0.5) is 0 Å². The topological polar surface area (TPSA) is 84.3 Å². The Morgan fingerprint density at radius 2 is 1.87 bits per heavy atom. The summed E-state index contributed by atoms with van der Waals surface area (Å²) in [6, 6.07) is 5.34. The van der Waals surface area contributed by atoms with Gasteiger partial charge in [-0.1, -0.05) is 36.2 Å². The van der Waals surface area contributed by atoms with E-state index in [1.54, 1.807) is 36.7 Å². The molecule has 0 aliphatic carbocycles. The fourth-order valence-electron chi connectivity index (χ4n) is 3.62. The van der Waals surface area contributed by atoms with Gasteiger partial charge < -0.3 is 9.88 Å². The number of carbonyl (C=O) groups is 1. The van der Waals surface area contributed by atoms with Gasteiger partial charge in [0.1, 0.15) is 5.82 Å². The van der Waals surface area contributed by atoms with E-state index in [1.807, 2.05) is 6.92 Å². The Hall–Kier alpha value is -1.61. The maximum absolute atomic E-state index is 12.8. The molecule has 7 nitrogen and oxygen atoms in total. The fourth-order valence-corrected chi connectivity index (χ4v) is 5.89. The summed E-state index contributed by atoms with van der Waals surface area (Å²) < 4.78 is 28.7. The molecule has 0 saturated carbocycles. The molecule has 1 unspecified atom stereocenters. The Bertz CT molecular complexity index is 991. The average molecular weight is 473 g/mol. The molecule has 0 radical (unpaired) electrons. The molecule has 10 heteroatoms. The predicted molar refractivity (Wildman–Crippen MR) is 117 cm³/mol. The summed E-state index contributed by atoms with van der Waals surface area (Å²) in [5, 5.41) is 4.17. The van der Waals surface area contributed by atoms with Crippen LogP contribution in [0.25, 0.3) is 0 Å². The molecule has 1 aromatic carbocycles. The van der Waals surface area contributed by atoms with Crippen molar-refractivity contribution in [2.24, 2.45) is 13.0 Å². The summed E-state index contributed by atoms with van der Waals surface area (Å²) in [4.78, 5) is 16.8. The molecule has 1 aromatic heterocycles. The van der Waals surface area contributed by atoms with Crippen molar-refractivity contribution in [2.75, 3.05) is 19.6 Å². The number of nitrogens with zero attached hydrogens (tertiary/aromatic N) is 3. The lowest BCUT2D eigenvalue weighted by atomic mass is 9.96. The molecule has 1 aliphatic heterocycles. The Labute approximate surface area is 187 Å². The van der Waals surface area contributed by atoms with Crippen molar-refractivity contribution in [3.63, 3.8) is 0 Å². The van der Waals surface area contributed by atoms with E-state index in [4.69, 9.17) is 23.2 Å². The third-order valence-corrected chi connectivity index (χ3v) is 8.02. The lowest BCUT2D eigenvalue weighted by molar-refractivity contribution is -0.126. The number of sulfonamides is 1. The normalized spacial score (nSPS) is 17.1. The van der Waals surface area contributed by atoms with Gasteiger partial charge in [0.05, 0.1) is 0 Å². The van der Waals surface area contributed by atoms with Crippen molar-refractivity contribution >= 4 is 39.1 Å². The fraction of sp³-hybridized carbons (Fsp3) is 0.500. The van der Waals surface area contributed by atoms with Gasteiger partial charge in [-0.15, -0.1) is 0 Å². The molecule has 164 valence electrons. The number of aromatic nitrogens is 2. The van der Waals surface area contributed by atoms with Gasteiger partial charge in [-0.05, 0) is 37.5 Å². The minimum atomic E-state index is -3.64. The number of nitrogens with one attached hydrogen (secondary N) is 1. The van der Waals surface area contributed by atoms with Crippen molar-refractivity contribution in [1.29, 1.82) is 0 Å². The third-order valence-electron chi connectivity index (χ3n) is 5.59. The predicted octanol–water partition coefficient (Wildman–Crippen LogP) is 3.36. The van der Waals surface area contributed by atoms with Gasteiger partial charge >= 0.3 is 0 Å². The molecule has 0 bridgehead atoms. The van der Waals surface area contributed by atoms with Crippen LogP contribution in [0.15, 0.2) is 29.4 Å². The van der Waals surface area contributed by atoms with Crippen LogP contribution in [0.5, 0.6) is 0 Å². The molecule has 1 fully saturated rings. The number of imidazole rings is 1. The van der Waals surface area contributed by atoms with Gasteiger partial charge in [0, 0.05) is 54.8 Å². The molecular weight excluding hydrogens is 447 g/mol. The Kier molecular flexibility index (Phi) is 7.12. The first-order valence-electron chi connectivity index (χ1n) is 9.83. The van der Waals surface area contributed by atoms with E-state index < -0.39 is 10.0 Å². The van der Waals surface area contributed by atoms with E-state index >= 15 is 0 Å². The summed E-state index contributed by atoms with van der Waals surface area (Å²) in [6.07, 6.45) is 2.46. The molecule has 0 spiro atoms. The minimum Gasteiger partial charge on any atom is -0.355 e. The Morgan fingerprint density at radius 3 is 2.40 bits per heavy atom. The van der Waals surface area contributed by atoms with E-state index in [0.717, 1.165) is 5.56 Å². The second-order valence-corrected chi connectivity index (χ2v) is 10.4. The number of carbonyl (C=O) groups excluding carboxylic acids is 1. The van der Waals surface area contributed by atoms with Gasteiger partial charge in [-0.2, -0.15) is 4.31 Å². The number of halogens is 2. The van der Waals surface area contributed by atoms with E-state index in [0.29, 0.717) is 48.3 Å². The van der Waals surface area contributed by atoms with Crippen LogP contribution in [0.2, 0.25) is 10.0 Å². The van der Waals surface area contributed by atoms with Crippen molar-refractivity contribution in [3.05, 3.63) is 45.8 Å². The van der Waals surface area contributed by atoms with Crippen LogP contribution < -0.4 is 5.32 Å². The summed E-state index contributed by atoms with van der Waals surface area (Å²) >= 11 is 12.5. The number of benzene rings is 1. The lowest BCUT2D eigenvalue weighted by Gasteiger charge is -2.30. The first kappa shape index (κ1) is 23.1. The average Bonchev–Trinajstić information content (AvgIpc) is 3.05.